The van der Waals surface area contributed by atoms with E-state index in [-0.39, 0.29) is 83.9 Å². The van der Waals surface area contributed by atoms with Crippen LogP contribution in [-0.4, -0.2) is 156 Å². The normalized spacial score (nSPS) is 16.5. The zero-order chi connectivity index (χ0) is 33.7. The lowest BCUT2D eigenvalue weighted by molar-refractivity contribution is -0.944. The van der Waals surface area contributed by atoms with E-state index in [0.29, 0.717) is 29.4 Å². The Labute approximate surface area is 253 Å². The number of carbonyl (C=O) groups excluding carboxylic acids is 8. The number of likely N-dealkylation sites (N-methyl/N-ethyl adjacent to an activating group) is 2. The number of hydrogen-bond acceptors (Lipinski definition) is 16. The number of cyclic esters (lactones) is 4. The maximum Gasteiger partial charge on any atom is 0.327 e. The molecule has 250 valence electrons. The van der Waals surface area contributed by atoms with Crippen LogP contribution in [0.2, 0.25) is 0 Å². The Morgan fingerprint density at radius 2 is 1.07 bits per heavy atom. The number of carboxylic acids is 2. The van der Waals surface area contributed by atoms with E-state index in [9.17, 15) is 48.6 Å². The zero-order valence-corrected chi connectivity index (χ0v) is 24.8. The van der Waals surface area contributed by atoms with Crippen LogP contribution in [0.15, 0.2) is 0 Å². The van der Waals surface area contributed by atoms with Crippen LogP contribution in [0.1, 0.15) is 6.92 Å². The van der Waals surface area contributed by atoms with E-state index < -0.39 is 35.8 Å². The van der Waals surface area contributed by atoms with E-state index in [1.54, 1.807) is 16.7 Å². The number of morpholine rings is 2. The molecular weight excluding hydrogens is 592 g/mol. The van der Waals surface area contributed by atoms with Crippen LogP contribution < -0.4 is 42.1 Å². The molecule has 0 aromatic carbocycles. The number of rotatable bonds is 15. The lowest BCUT2D eigenvalue weighted by Crippen LogP contribution is -3.22. The van der Waals surface area contributed by atoms with E-state index in [4.69, 9.17) is 0 Å². The smallest absolute Gasteiger partial charge is 0.327 e. The topological polar surface area (TPSA) is 293 Å². The minimum atomic E-state index is -1.31. The second kappa shape index (κ2) is 22.5. The predicted octanol–water partition coefficient (Wildman–Crippen LogP) is -11.2. The quantitative estimate of drug-likeness (QED) is 0.0553. The second-order valence-electron chi connectivity index (χ2n) is 9.43. The van der Waals surface area contributed by atoms with Gasteiger partial charge in [-0.3, -0.25) is 38.6 Å². The fourth-order valence-corrected chi connectivity index (χ4v) is 3.87. The number of hydrogen-bond donors (Lipinski definition) is 6. The summed E-state index contributed by atoms with van der Waals surface area (Å²) in [7, 11) is 1.43. The van der Waals surface area contributed by atoms with Crippen LogP contribution in [0.3, 0.4) is 0 Å². The summed E-state index contributed by atoms with van der Waals surface area (Å²) in [5.74, 6) is -5.60. The summed E-state index contributed by atoms with van der Waals surface area (Å²) in [5.41, 5.74) is 9.25. The maximum absolute atomic E-state index is 11.6. The molecule has 0 aromatic heterocycles. The molecule has 0 spiro atoms. The summed E-state index contributed by atoms with van der Waals surface area (Å²) in [6.07, 6.45) is 0. The highest BCUT2D eigenvalue weighted by Gasteiger charge is 2.28. The Morgan fingerprint density at radius 3 is 1.36 bits per heavy atom. The lowest BCUT2D eigenvalue weighted by Gasteiger charge is -2.28. The molecule has 2 unspecified atom stereocenters. The summed E-state index contributed by atoms with van der Waals surface area (Å²) < 4.78 is 8.76. The van der Waals surface area contributed by atoms with Gasteiger partial charge in [-0.2, -0.15) is 0 Å². The Balaban J connectivity index is 0.000000786. The van der Waals surface area contributed by atoms with Gasteiger partial charge in [-0.05, 0) is 6.92 Å². The van der Waals surface area contributed by atoms with Crippen molar-refractivity contribution in [1.82, 2.24) is 20.4 Å². The average Bonchev–Trinajstić information content (AvgIpc) is 2.89. The molecular formula is C24H42N8O12. The summed E-state index contributed by atoms with van der Waals surface area (Å²) >= 11 is 0. The van der Waals surface area contributed by atoms with Crippen LogP contribution in [0.5, 0.6) is 0 Å². The third-order valence-electron chi connectivity index (χ3n) is 5.69. The van der Waals surface area contributed by atoms with Crippen molar-refractivity contribution in [3.8, 4) is 0 Å². The van der Waals surface area contributed by atoms with Crippen molar-refractivity contribution >= 4 is 47.6 Å². The van der Waals surface area contributed by atoms with Gasteiger partial charge in [-0.15, -0.1) is 0 Å². The standard InChI is InChI=1S/C13H24N4O6.C10H12N2O6.CH6N2/c1-3-15-11(19)7-17(9-13(22)23)5-4-16(8-12(20)21)6-10(18)14-2;13-7-3-11(4-8(14)17-7)1-2-12-5-9(15)18-10(16)6-12;2-1-3/h3-9H2,1-2H3,(H,14,18)(H,15,19)(H,20,21)(H,22,23);1-6H2;1-3H2. The summed E-state index contributed by atoms with van der Waals surface area (Å²) in [6, 6.07) is 0. The first kappa shape index (κ1) is 39.9. The molecule has 8 N–H and O–H groups in total. The molecule has 44 heavy (non-hydrogen) atoms. The predicted molar refractivity (Wildman–Crippen MR) is 142 cm³/mol. The van der Waals surface area contributed by atoms with E-state index in [2.05, 4.69) is 31.6 Å². The molecule has 2 amide bonds. The Bertz CT molecular complexity index is 942. The van der Waals surface area contributed by atoms with Gasteiger partial charge >= 0.3 is 23.9 Å². The van der Waals surface area contributed by atoms with Gasteiger partial charge < -0.3 is 61.2 Å². The molecule has 0 saturated carbocycles. The molecule has 2 fully saturated rings. The number of carbonyl (C=O) groups is 8. The van der Waals surface area contributed by atoms with Crippen molar-refractivity contribution in [2.75, 3.05) is 98.8 Å². The third-order valence-corrected chi connectivity index (χ3v) is 5.69. The third kappa shape index (κ3) is 19.9. The van der Waals surface area contributed by atoms with E-state index in [1.807, 2.05) is 0 Å². The molecule has 0 bridgehead atoms. The molecule has 0 aliphatic carbocycles. The van der Waals surface area contributed by atoms with Gasteiger partial charge in [0.25, 0.3) is 11.8 Å². The number of carboxylic acid groups (broad SMARTS) is 2. The molecule has 2 heterocycles. The zero-order valence-electron chi connectivity index (χ0n) is 24.8. The number of esters is 4. The van der Waals surface area contributed by atoms with Crippen molar-refractivity contribution in [3.63, 3.8) is 0 Å². The molecule has 20 heteroatoms. The first-order valence-corrected chi connectivity index (χ1v) is 13.6. The van der Waals surface area contributed by atoms with Gasteiger partial charge in [0.15, 0.2) is 13.1 Å². The van der Waals surface area contributed by atoms with Gasteiger partial charge in [0.1, 0.15) is 26.2 Å². The van der Waals surface area contributed by atoms with Crippen LogP contribution in [0.4, 0.5) is 0 Å². The van der Waals surface area contributed by atoms with Gasteiger partial charge in [0.05, 0.1) is 38.1 Å². The van der Waals surface area contributed by atoms with Crippen LogP contribution >= 0.6 is 0 Å². The van der Waals surface area contributed by atoms with Gasteiger partial charge in [0.2, 0.25) is 0 Å². The first-order chi connectivity index (χ1) is 20.7. The molecule has 2 atom stereocenters. The highest BCUT2D eigenvalue weighted by molar-refractivity contribution is 5.90. The molecule has 2 saturated heterocycles. The highest BCUT2D eigenvalue weighted by atomic mass is 16.6. The fourth-order valence-electron chi connectivity index (χ4n) is 3.87. The van der Waals surface area contributed by atoms with E-state index in [1.165, 1.54) is 7.05 Å². The fraction of sp³-hybridized carbons (Fsp3) is 0.667. The molecule has 20 nitrogen and oxygen atoms in total. The Hall–Kier alpha value is -4.08. The number of aliphatic carboxylic acids is 2. The summed E-state index contributed by atoms with van der Waals surface area (Å²) in [5, 5.41) is 26.4. The molecule has 0 radical (unpaired) electrons. The first-order valence-electron chi connectivity index (χ1n) is 13.6. The van der Waals surface area contributed by atoms with Gasteiger partial charge in [-0.25, -0.2) is 0 Å². The van der Waals surface area contributed by atoms with Crippen LogP contribution in [0, 0.1) is 0 Å². The average molecular weight is 635 g/mol. The number of nitrogens with two attached hydrogens (primary N) is 2. The number of nitrogens with one attached hydrogen (secondary N) is 4. The summed E-state index contributed by atoms with van der Waals surface area (Å²) in [6.45, 7) is 2.87. The van der Waals surface area contributed by atoms with E-state index >= 15 is 0 Å². The lowest BCUT2D eigenvalue weighted by atomic mass is 10.3. The molecule has 2 aliphatic rings. The van der Waals surface area contributed by atoms with Crippen LogP contribution in [-0.2, 0) is 47.8 Å². The molecule has 0 aromatic rings. The van der Waals surface area contributed by atoms with Crippen molar-refractivity contribution in [2.24, 2.45) is 11.5 Å². The Kier molecular flexibility index (Phi) is 20.4. The molecule has 2 rings (SSSR count). The number of quaternary nitrogens is 2. The highest BCUT2D eigenvalue weighted by Crippen LogP contribution is 2.03. The van der Waals surface area contributed by atoms with Crippen molar-refractivity contribution in [3.05, 3.63) is 0 Å². The number of nitrogens with zero attached hydrogens (tertiary/aromatic N) is 2. The number of amides is 2. The van der Waals surface area contributed by atoms with Gasteiger partial charge in [0, 0.05) is 33.4 Å². The molecule has 2 aliphatic heterocycles. The van der Waals surface area contributed by atoms with Crippen LogP contribution in [0.25, 0.3) is 0 Å². The number of ether oxygens (including phenoxy) is 2. The van der Waals surface area contributed by atoms with Crippen molar-refractivity contribution in [1.29, 1.82) is 0 Å². The maximum atomic E-state index is 11.6. The van der Waals surface area contributed by atoms with E-state index in [0.717, 1.165) is 0 Å². The van der Waals surface area contributed by atoms with Gasteiger partial charge in [-0.1, -0.05) is 0 Å². The second-order valence-corrected chi connectivity index (χ2v) is 9.43. The minimum absolute atomic E-state index is 0.0397. The van der Waals surface area contributed by atoms with Crippen molar-refractivity contribution < 1.29 is 67.8 Å². The minimum Gasteiger partial charge on any atom is -0.544 e. The summed E-state index contributed by atoms with van der Waals surface area (Å²) in [4.78, 5) is 92.5. The van der Waals surface area contributed by atoms with Crippen molar-refractivity contribution in [2.45, 2.75) is 6.92 Å². The largest absolute Gasteiger partial charge is 0.544 e. The monoisotopic (exact) mass is 634 g/mol. The SMILES string of the molecule is CCNC(=O)C[NH+](CC[NH+](CC(=O)[O-])CC(=O)NC)CC(=O)[O-].NCN.O=C1CN(CCN2CC(=O)OC(=O)C2)CC(=O)O1. The Morgan fingerprint density at radius 1 is 0.727 bits per heavy atom.